The summed E-state index contributed by atoms with van der Waals surface area (Å²) in [5.41, 5.74) is 0. The first-order valence-corrected chi connectivity index (χ1v) is 3.99. The molecular weight excluding hydrogens is 205 g/mol. The molecule has 12 heavy (non-hydrogen) atoms. The molecule has 1 rings (SSSR count). The smallest absolute Gasteiger partial charge is 0.328 e. The number of nitrogens with one attached hydrogen (secondary N) is 1. The molecule has 0 aliphatic carbocycles. The van der Waals surface area contributed by atoms with Gasteiger partial charge < -0.3 is 10.1 Å². The third kappa shape index (κ3) is 1.64. The summed E-state index contributed by atoms with van der Waals surface area (Å²) >= 11 is 11.1. The van der Waals surface area contributed by atoms with Crippen molar-refractivity contribution in [3.8, 4) is 0 Å². The van der Waals surface area contributed by atoms with Crippen molar-refractivity contribution in [2.75, 3.05) is 7.11 Å². The lowest BCUT2D eigenvalue weighted by Gasteiger charge is -2.06. The number of ether oxygens (including phenoxy) is 1. The lowest BCUT2D eigenvalue weighted by Crippen LogP contribution is -2.34. The highest BCUT2D eigenvalue weighted by atomic mass is 35.5. The van der Waals surface area contributed by atoms with Crippen LogP contribution in [0.4, 0.5) is 0 Å². The number of hydrogen-bond acceptors (Lipinski definition) is 3. The molecule has 1 fully saturated rings. The molecule has 0 aromatic rings. The Kier molecular flexibility index (Phi) is 2.49. The summed E-state index contributed by atoms with van der Waals surface area (Å²) in [6, 6.07) is -0.725. The summed E-state index contributed by atoms with van der Waals surface area (Å²) in [6.45, 7) is 0. The zero-order chi connectivity index (χ0) is 9.35. The van der Waals surface area contributed by atoms with Crippen LogP contribution >= 0.6 is 23.2 Å². The van der Waals surface area contributed by atoms with Crippen LogP contribution in [0, 0.1) is 0 Å². The SMILES string of the molecule is COC(=O)C1CC(Cl)(Cl)C(=O)N1. The highest BCUT2D eigenvalue weighted by Gasteiger charge is 2.46. The number of carbonyl (C=O) groups excluding carboxylic acids is 2. The molecule has 1 atom stereocenters. The zero-order valence-electron chi connectivity index (χ0n) is 6.27. The largest absolute Gasteiger partial charge is 0.467 e. The van der Waals surface area contributed by atoms with E-state index in [0.717, 1.165) is 0 Å². The van der Waals surface area contributed by atoms with Crippen LogP contribution < -0.4 is 5.32 Å². The number of halogens is 2. The average Bonchev–Trinajstić information content (AvgIpc) is 2.25. The lowest BCUT2D eigenvalue weighted by molar-refractivity contribution is -0.143. The summed E-state index contributed by atoms with van der Waals surface area (Å²) in [5.74, 6) is -1.09. The number of hydrogen-bond donors (Lipinski definition) is 1. The van der Waals surface area contributed by atoms with E-state index < -0.39 is 22.3 Å². The summed E-state index contributed by atoms with van der Waals surface area (Å²) in [6.07, 6.45) is 0.0433. The molecular formula is C6H7Cl2NO3. The van der Waals surface area contributed by atoms with Crippen molar-refractivity contribution in [3.63, 3.8) is 0 Å². The van der Waals surface area contributed by atoms with Crippen molar-refractivity contribution in [1.29, 1.82) is 0 Å². The van der Waals surface area contributed by atoms with Crippen LogP contribution in [0.5, 0.6) is 0 Å². The van der Waals surface area contributed by atoms with E-state index in [-0.39, 0.29) is 6.42 Å². The Labute approximate surface area is 79.2 Å². The van der Waals surface area contributed by atoms with Crippen molar-refractivity contribution in [2.45, 2.75) is 16.8 Å². The maximum Gasteiger partial charge on any atom is 0.328 e. The van der Waals surface area contributed by atoms with Crippen LogP contribution in [0.25, 0.3) is 0 Å². The molecule has 1 unspecified atom stereocenters. The molecule has 0 saturated carbocycles. The number of amides is 1. The summed E-state index contributed by atoms with van der Waals surface area (Å²) in [7, 11) is 1.23. The molecule has 1 heterocycles. The van der Waals surface area contributed by atoms with E-state index in [1.54, 1.807) is 0 Å². The molecule has 0 spiro atoms. The first-order chi connectivity index (χ1) is 5.47. The molecule has 1 saturated heterocycles. The van der Waals surface area contributed by atoms with Gasteiger partial charge in [-0.25, -0.2) is 4.79 Å². The van der Waals surface area contributed by atoms with Crippen LogP contribution in [0.3, 0.4) is 0 Å². The molecule has 68 valence electrons. The molecule has 1 aliphatic heterocycles. The predicted molar refractivity (Wildman–Crippen MR) is 43.0 cm³/mol. The standard InChI is InChI=1S/C6H7Cl2NO3/c1-12-4(10)3-2-6(7,8)5(11)9-3/h3H,2H2,1H3,(H,9,11). The van der Waals surface area contributed by atoms with Crippen LogP contribution in [-0.2, 0) is 14.3 Å². The highest BCUT2D eigenvalue weighted by molar-refractivity contribution is 6.58. The normalized spacial score (nSPS) is 26.6. The van der Waals surface area contributed by atoms with Gasteiger partial charge in [0.05, 0.1) is 7.11 Å². The second kappa shape index (κ2) is 3.11. The van der Waals surface area contributed by atoms with Crippen LogP contribution in [0.15, 0.2) is 0 Å². The monoisotopic (exact) mass is 211 g/mol. The van der Waals surface area contributed by atoms with E-state index in [2.05, 4.69) is 10.1 Å². The van der Waals surface area contributed by atoms with Gasteiger partial charge in [0, 0.05) is 6.42 Å². The van der Waals surface area contributed by atoms with Gasteiger partial charge in [0.1, 0.15) is 6.04 Å². The van der Waals surface area contributed by atoms with E-state index in [9.17, 15) is 9.59 Å². The second-order valence-electron chi connectivity index (χ2n) is 2.46. The molecule has 0 bridgehead atoms. The molecule has 0 radical (unpaired) electrons. The molecule has 4 nitrogen and oxygen atoms in total. The number of alkyl halides is 2. The Hall–Kier alpha value is -0.480. The molecule has 6 heteroatoms. The minimum Gasteiger partial charge on any atom is -0.467 e. The Morgan fingerprint density at radius 2 is 2.33 bits per heavy atom. The molecule has 1 amide bonds. The molecule has 1 aliphatic rings. The second-order valence-corrected chi connectivity index (χ2v) is 3.94. The quantitative estimate of drug-likeness (QED) is 0.499. The number of esters is 1. The summed E-state index contributed by atoms with van der Waals surface area (Å²) < 4.78 is 2.90. The Bertz CT molecular complexity index is 229. The highest BCUT2D eigenvalue weighted by Crippen LogP contribution is 2.32. The maximum atomic E-state index is 10.9. The molecule has 0 aromatic carbocycles. The first-order valence-electron chi connectivity index (χ1n) is 3.24. The van der Waals surface area contributed by atoms with E-state index >= 15 is 0 Å². The fourth-order valence-electron chi connectivity index (χ4n) is 0.948. The molecule has 1 N–H and O–H groups in total. The minimum atomic E-state index is -1.50. The Balaban J connectivity index is 2.67. The zero-order valence-corrected chi connectivity index (χ0v) is 7.78. The van der Waals surface area contributed by atoms with Crippen molar-refractivity contribution in [2.24, 2.45) is 0 Å². The van der Waals surface area contributed by atoms with Gasteiger partial charge in [-0.3, -0.25) is 4.79 Å². The number of carbonyl (C=O) groups is 2. The fourth-order valence-corrected chi connectivity index (χ4v) is 1.37. The average molecular weight is 212 g/mol. The van der Waals surface area contributed by atoms with E-state index in [1.807, 2.05) is 0 Å². The van der Waals surface area contributed by atoms with E-state index in [0.29, 0.717) is 0 Å². The van der Waals surface area contributed by atoms with Gasteiger partial charge in [-0.05, 0) is 0 Å². The van der Waals surface area contributed by atoms with Crippen molar-refractivity contribution in [1.82, 2.24) is 5.32 Å². The van der Waals surface area contributed by atoms with Crippen molar-refractivity contribution in [3.05, 3.63) is 0 Å². The minimum absolute atomic E-state index is 0.0433. The van der Waals surface area contributed by atoms with E-state index in [1.165, 1.54) is 7.11 Å². The van der Waals surface area contributed by atoms with Gasteiger partial charge in [-0.2, -0.15) is 0 Å². The third-order valence-corrected chi connectivity index (χ3v) is 2.24. The third-order valence-electron chi connectivity index (χ3n) is 1.58. The first kappa shape index (κ1) is 9.61. The molecule has 0 aromatic heterocycles. The van der Waals surface area contributed by atoms with Gasteiger partial charge in [0.25, 0.3) is 5.91 Å². The van der Waals surface area contributed by atoms with Gasteiger partial charge in [-0.1, -0.05) is 23.2 Å². The predicted octanol–water partition coefficient (Wildman–Crippen LogP) is 0.222. The number of rotatable bonds is 1. The van der Waals surface area contributed by atoms with Gasteiger partial charge in [0.15, 0.2) is 4.33 Å². The Morgan fingerprint density at radius 3 is 2.67 bits per heavy atom. The van der Waals surface area contributed by atoms with Crippen molar-refractivity contribution < 1.29 is 14.3 Å². The van der Waals surface area contributed by atoms with E-state index in [4.69, 9.17) is 23.2 Å². The topological polar surface area (TPSA) is 55.4 Å². The van der Waals surface area contributed by atoms with Gasteiger partial charge in [-0.15, -0.1) is 0 Å². The van der Waals surface area contributed by atoms with Gasteiger partial charge >= 0.3 is 5.97 Å². The number of methoxy groups -OCH3 is 1. The Morgan fingerprint density at radius 1 is 1.75 bits per heavy atom. The fraction of sp³-hybridized carbons (Fsp3) is 0.667. The van der Waals surface area contributed by atoms with Crippen LogP contribution in [0.2, 0.25) is 0 Å². The maximum absolute atomic E-state index is 10.9. The lowest BCUT2D eigenvalue weighted by atomic mass is 10.2. The van der Waals surface area contributed by atoms with Crippen LogP contribution in [0.1, 0.15) is 6.42 Å². The van der Waals surface area contributed by atoms with Crippen LogP contribution in [-0.4, -0.2) is 29.4 Å². The summed E-state index contributed by atoms with van der Waals surface area (Å²) in [5, 5.41) is 2.32. The van der Waals surface area contributed by atoms with Gasteiger partial charge in [0.2, 0.25) is 0 Å². The van der Waals surface area contributed by atoms with Crippen molar-refractivity contribution >= 4 is 35.1 Å². The summed E-state index contributed by atoms with van der Waals surface area (Å²) in [4.78, 5) is 21.8.